The summed E-state index contributed by atoms with van der Waals surface area (Å²) < 4.78 is 62.0. The van der Waals surface area contributed by atoms with Gasteiger partial charge < -0.3 is 9.29 Å². The van der Waals surface area contributed by atoms with E-state index in [1.807, 2.05) is 0 Å². The van der Waals surface area contributed by atoms with E-state index in [1.165, 1.54) is 12.1 Å². The molecule has 1 aromatic carbocycles. The zero-order valence-electron chi connectivity index (χ0n) is 11.1. The molecule has 0 amide bonds. The molecule has 1 N–H and O–H groups in total. The van der Waals surface area contributed by atoms with Gasteiger partial charge in [0.05, 0.1) is 5.92 Å². The molecule has 0 saturated carbocycles. The summed E-state index contributed by atoms with van der Waals surface area (Å²) in [6, 6.07) is 4.41. The van der Waals surface area contributed by atoms with E-state index < -0.39 is 33.3 Å². The quantitative estimate of drug-likeness (QED) is 0.665. The molecule has 5 nitrogen and oxygen atoms in total. The Balaban J connectivity index is 3.01. The molecule has 0 radical (unpaired) electrons. The summed E-state index contributed by atoms with van der Waals surface area (Å²) in [5.74, 6) is -2.71. The van der Waals surface area contributed by atoms with Gasteiger partial charge in [0.15, 0.2) is 0 Å². The Morgan fingerprint density at radius 3 is 2.00 bits per heavy atom. The summed E-state index contributed by atoms with van der Waals surface area (Å²) in [7, 11) is -5.73. The summed E-state index contributed by atoms with van der Waals surface area (Å²) in [6.07, 6.45) is 0. The number of benzene rings is 1. The monoisotopic (exact) mass is 326 g/mol. The molecule has 0 heterocycles. The van der Waals surface area contributed by atoms with Crippen LogP contribution in [0.2, 0.25) is 0 Å². The number of aliphatic carboxylic acids is 1. The van der Waals surface area contributed by atoms with E-state index in [9.17, 15) is 26.4 Å². The molecule has 118 valence electrons. The van der Waals surface area contributed by atoms with E-state index in [0.29, 0.717) is 5.56 Å². The molecule has 21 heavy (non-hydrogen) atoms. The van der Waals surface area contributed by atoms with Crippen LogP contribution >= 0.6 is 0 Å². The van der Waals surface area contributed by atoms with Gasteiger partial charge in [0.1, 0.15) is 5.75 Å². The number of hydrogen-bond donors (Lipinski definition) is 1. The average Bonchev–Trinajstić information content (AvgIpc) is 2.28. The minimum absolute atomic E-state index is 0.242. The van der Waals surface area contributed by atoms with Crippen LogP contribution < -0.4 is 4.18 Å². The molecule has 0 spiro atoms. The summed E-state index contributed by atoms with van der Waals surface area (Å²) in [5.41, 5.74) is -5.18. The summed E-state index contributed by atoms with van der Waals surface area (Å²) in [5, 5.41) is 9.08. The van der Waals surface area contributed by atoms with Crippen molar-refractivity contribution in [1.82, 2.24) is 0 Å². The lowest BCUT2D eigenvalue weighted by Gasteiger charge is -2.17. The number of halogens is 3. The van der Waals surface area contributed by atoms with Gasteiger partial charge in [0.25, 0.3) is 0 Å². The second-order valence-electron chi connectivity index (χ2n) is 4.61. The van der Waals surface area contributed by atoms with Gasteiger partial charge in [-0.2, -0.15) is 21.6 Å². The van der Waals surface area contributed by atoms with Crippen LogP contribution in [0.3, 0.4) is 0 Å². The zero-order chi connectivity index (χ0) is 16.4. The van der Waals surface area contributed by atoms with Crippen LogP contribution in [-0.2, 0) is 14.9 Å². The van der Waals surface area contributed by atoms with Crippen LogP contribution in [0.4, 0.5) is 13.2 Å². The van der Waals surface area contributed by atoms with E-state index in [2.05, 4.69) is 4.18 Å². The van der Waals surface area contributed by atoms with Gasteiger partial charge in [0, 0.05) is 0 Å². The fourth-order valence-electron chi connectivity index (χ4n) is 1.72. The molecule has 0 aliphatic rings. The van der Waals surface area contributed by atoms with Gasteiger partial charge in [-0.25, -0.2) is 0 Å². The predicted octanol–water partition coefficient (Wildman–Crippen LogP) is 2.74. The Morgan fingerprint density at radius 2 is 1.67 bits per heavy atom. The molecule has 0 aliphatic heterocycles. The number of rotatable bonds is 5. The fraction of sp³-hybridized carbons (Fsp3) is 0.417. The molecule has 0 bridgehead atoms. The van der Waals surface area contributed by atoms with Crippen LogP contribution in [-0.4, -0.2) is 25.0 Å². The lowest BCUT2D eigenvalue weighted by Crippen LogP contribution is -2.28. The van der Waals surface area contributed by atoms with E-state index in [-0.39, 0.29) is 5.92 Å². The molecule has 1 rings (SSSR count). The third-order valence-electron chi connectivity index (χ3n) is 2.66. The van der Waals surface area contributed by atoms with Crippen LogP contribution in [0.25, 0.3) is 0 Å². The molecule has 0 saturated heterocycles. The van der Waals surface area contributed by atoms with Crippen LogP contribution in [0.5, 0.6) is 5.75 Å². The second kappa shape index (κ2) is 5.92. The minimum Gasteiger partial charge on any atom is -0.481 e. The Kier molecular flexibility index (Phi) is 4.87. The van der Waals surface area contributed by atoms with Gasteiger partial charge in [-0.3, -0.25) is 4.79 Å². The van der Waals surface area contributed by atoms with Crippen molar-refractivity contribution in [3.05, 3.63) is 29.8 Å². The standard InChI is InChI=1S/C12H13F3O5S/c1-7(2)10(11(16)17)8-3-5-9(6-4-8)20-21(18,19)12(13,14)15/h3-7,10H,1-2H3,(H,16,17)/t10-/m1/s1. The van der Waals surface area contributed by atoms with Crippen LogP contribution in [0.1, 0.15) is 25.3 Å². The Bertz CT molecular complexity index is 605. The summed E-state index contributed by atoms with van der Waals surface area (Å²) in [4.78, 5) is 11.1. The maximum absolute atomic E-state index is 12.1. The van der Waals surface area contributed by atoms with Gasteiger partial charge in [0.2, 0.25) is 0 Å². The van der Waals surface area contributed by atoms with Crippen molar-refractivity contribution in [2.24, 2.45) is 5.92 Å². The van der Waals surface area contributed by atoms with Crippen molar-refractivity contribution in [3.63, 3.8) is 0 Å². The van der Waals surface area contributed by atoms with E-state index in [0.717, 1.165) is 12.1 Å². The highest BCUT2D eigenvalue weighted by molar-refractivity contribution is 7.87. The highest BCUT2D eigenvalue weighted by Crippen LogP contribution is 2.29. The first kappa shape index (κ1) is 17.3. The van der Waals surface area contributed by atoms with Crippen molar-refractivity contribution in [2.75, 3.05) is 0 Å². The van der Waals surface area contributed by atoms with Crippen molar-refractivity contribution >= 4 is 16.1 Å². The third kappa shape index (κ3) is 4.10. The van der Waals surface area contributed by atoms with E-state index in [4.69, 9.17) is 5.11 Å². The highest BCUT2D eigenvalue weighted by atomic mass is 32.2. The lowest BCUT2D eigenvalue weighted by atomic mass is 9.89. The number of carbonyl (C=O) groups is 1. The number of alkyl halides is 3. The second-order valence-corrected chi connectivity index (χ2v) is 6.15. The lowest BCUT2D eigenvalue weighted by molar-refractivity contribution is -0.139. The van der Waals surface area contributed by atoms with Gasteiger partial charge in [-0.15, -0.1) is 0 Å². The van der Waals surface area contributed by atoms with Crippen molar-refractivity contribution in [2.45, 2.75) is 25.3 Å². The zero-order valence-corrected chi connectivity index (χ0v) is 11.9. The third-order valence-corrected chi connectivity index (χ3v) is 3.64. The van der Waals surface area contributed by atoms with E-state index >= 15 is 0 Å². The maximum Gasteiger partial charge on any atom is 0.534 e. The SMILES string of the molecule is CC(C)[C@@H](C(=O)O)c1ccc(OS(=O)(=O)C(F)(F)F)cc1. The largest absolute Gasteiger partial charge is 0.534 e. The molecule has 0 fully saturated rings. The molecule has 0 aromatic heterocycles. The number of hydrogen-bond acceptors (Lipinski definition) is 4. The van der Waals surface area contributed by atoms with Crippen molar-refractivity contribution in [1.29, 1.82) is 0 Å². The van der Waals surface area contributed by atoms with E-state index in [1.54, 1.807) is 13.8 Å². The molecule has 0 unspecified atom stereocenters. The molecule has 1 atom stereocenters. The Morgan fingerprint density at radius 1 is 1.19 bits per heavy atom. The van der Waals surface area contributed by atoms with Gasteiger partial charge in [-0.05, 0) is 23.6 Å². The predicted molar refractivity (Wildman–Crippen MR) is 67.3 cm³/mol. The van der Waals surface area contributed by atoms with Crippen molar-refractivity contribution in [3.8, 4) is 5.75 Å². The number of carboxylic acid groups (broad SMARTS) is 1. The van der Waals surface area contributed by atoms with Crippen molar-refractivity contribution < 1.29 is 35.7 Å². The van der Waals surface area contributed by atoms with Crippen LogP contribution in [0.15, 0.2) is 24.3 Å². The van der Waals surface area contributed by atoms with Crippen LogP contribution in [0, 0.1) is 5.92 Å². The van der Waals surface area contributed by atoms with Gasteiger partial charge >= 0.3 is 21.6 Å². The first-order valence-electron chi connectivity index (χ1n) is 5.79. The summed E-state index contributed by atoms with van der Waals surface area (Å²) >= 11 is 0. The molecule has 1 aromatic rings. The Labute approximate surface area is 119 Å². The molecule has 0 aliphatic carbocycles. The highest BCUT2D eigenvalue weighted by Gasteiger charge is 2.48. The summed E-state index contributed by atoms with van der Waals surface area (Å²) in [6.45, 7) is 3.36. The normalized spacial score (nSPS) is 14.0. The molecular weight excluding hydrogens is 313 g/mol. The Hall–Kier alpha value is -1.77. The maximum atomic E-state index is 12.1. The minimum atomic E-state index is -5.73. The number of carboxylic acids is 1. The first-order valence-corrected chi connectivity index (χ1v) is 7.20. The smallest absolute Gasteiger partial charge is 0.481 e. The average molecular weight is 326 g/mol. The molecule has 9 heteroatoms. The molecular formula is C12H13F3O5S. The topological polar surface area (TPSA) is 80.7 Å². The van der Waals surface area contributed by atoms with Gasteiger partial charge in [-0.1, -0.05) is 26.0 Å². The first-order chi connectivity index (χ1) is 9.45. The fourth-order valence-corrected chi connectivity index (χ4v) is 2.18.